The van der Waals surface area contributed by atoms with Crippen molar-refractivity contribution in [1.82, 2.24) is 4.90 Å². The standard InChI is InChI=1S/C7H13NO3/c9-6-2-8(3-7(6)10)1-5-4-11-5/h5-7,9-10H,1-4H2. The SMILES string of the molecule is OC1CN(CC2CO2)CC1O. The summed E-state index contributed by atoms with van der Waals surface area (Å²) in [5.74, 6) is 0. The molecule has 0 aromatic carbocycles. The molecule has 2 fully saturated rings. The summed E-state index contributed by atoms with van der Waals surface area (Å²) < 4.78 is 5.04. The molecule has 0 bridgehead atoms. The van der Waals surface area contributed by atoms with E-state index in [0.717, 1.165) is 13.2 Å². The Morgan fingerprint density at radius 3 is 2.27 bits per heavy atom. The predicted octanol–water partition coefficient (Wildman–Crippen LogP) is -1.58. The van der Waals surface area contributed by atoms with E-state index in [9.17, 15) is 0 Å². The van der Waals surface area contributed by atoms with Crippen LogP contribution in [0.5, 0.6) is 0 Å². The third-order valence-corrected chi connectivity index (χ3v) is 2.20. The van der Waals surface area contributed by atoms with E-state index in [2.05, 4.69) is 0 Å². The van der Waals surface area contributed by atoms with Crippen molar-refractivity contribution in [3.63, 3.8) is 0 Å². The smallest absolute Gasteiger partial charge is 0.0938 e. The lowest BCUT2D eigenvalue weighted by Gasteiger charge is -2.11. The van der Waals surface area contributed by atoms with Crippen molar-refractivity contribution in [3.8, 4) is 0 Å². The first kappa shape index (κ1) is 7.49. The van der Waals surface area contributed by atoms with E-state index < -0.39 is 12.2 Å². The fourth-order valence-electron chi connectivity index (χ4n) is 1.46. The van der Waals surface area contributed by atoms with Gasteiger partial charge in [-0.2, -0.15) is 0 Å². The lowest BCUT2D eigenvalue weighted by atomic mass is 10.3. The number of hydrogen-bond acceptors (Lipinski definition) is 4. The average Bonchev–Trinajstić information content (AvgIpc) is 2.65. The number of rotatable bonds is 2. The zero-order chi connectivity index (χ0) is 7.84. The van der Waals surface area contributed by atoms with Gasteiger partial charge >= 0.3 is 0 Å². The highest BCUT2D eigenvalue weighted by Gasteiger charge is 2.33. The van der Waals surface area contributed by atoms with E-state index in [1.807, 2.05) is 4.90 Å². The van der Waals surface area contributed by atoms with Gasteiger partial charge in [0, 0.05) is 19.6 Å². The Bertz CT molecular complexity index is 136. The van der Waals surface area contributed by atoms with Crippen molar-refractivity contribution in [1.29, 1.82) is 0 Å². The van der Waals surface area contributed by atoms with Gasteiger partial charge in [0.05, 0.1) is 24.9 Å². The minimum absolute atomic E-state index is 0.354. The van der Waals surface area contributed by atoms with E-state index in [0.29, 0.717) is 19.2 Å². The van der Waals surface area contributed by atoms with E-state index in [-0.39, 0.29) is 0 Å². The van der Waals surface area contributed by atoms with Crippen LogP contribution < -0.4 is 0 Å². The lowest BCUT2D eigenvalue weighted by molar-refractivity contribution is 0.0572. The molecular formula is C7H13NO3. The number of β-amino-alcohol motifs (C(OH)–C–C–N with tert-alkyl or cyclic N) is 2. The van der Waals surface area contributed by atoms with Crippen LogP contribution in [0, 0.1) is 0 Å². The largest absolute Gasteiger partial charge is 0.389 e. The van der Waals surface area contributed by atoms with Crippen LogP contribution in [-0.4, -0.2) is 59.7 Å². The second-order valence-electron chi connectivity index (χ2n) is 3.31. The van der Waals surface area contributed by atoms with Gasteiger partial charge in [0.1, 0.15) is 0 Å². The second-order valence-corrected chi connectivity index (χ2v) is 3.31. The van der Waals surface area contributed by atoms with Crippen LogP contribution in [0.2, 0.25) is 0 Å². The number of ether oxygens (including phenoxy) is 1. The summed E-state index contributed by atoms with van der Waals surface area (Å²) in [5.41, 5.74) is 0. The van der Waals surface area contributed by atoms with Gasteiger partial charge in [-0.15, -0.1) is 0 Å². The van der Waals surface area contributed by atoms with E-state index >= 15 is 0 Å². The number of hydrogen-bond donors (Lipinski definition) is 2. The molecule has 2 heterocycles. The molecule has 3 unspecified atom stereocenters. The number of aliphatic hydroxyl groups excluding tert-OH is 2. The molecule has 0 aromatic rings. The Morgan fingerprint density at radius 2 is 1.82 bits per heavy atom. The fraction of sp³-hybridized carbons (Fsp3) is 1.00. The molecular weight excluding hydrogens is 146 g/mol. The first-order chi connectivity index (χ1) is 5.25. The maximum absolute atomic E-state index is 9.17. The first-order valence-electron chi connectivity index (χ1n) is 3.96. The summed E-state index contributed by atoms with van der Waals surface area (Å²) in [7, 11) is 0. The lowest BCUT2D eigenvalue weighted by Crippen LogP contribution is -2.26. The molecule has 0 spiro atoms. The van der Waals surface area contributed by atoms with Crippen LogP contribution in [0.25, 0.3) is 0 Å². The van der Waals surface area contributed by atoms with Crippen LogP contribution in [0.4, 0.5) is 0 Å². The van der Waals surface area contributed by atoms with E-state index in [1.165, 1.54) is 0 Å². The van der Waals surface area contributed by atoms with Gasteiger partial charge in [0.2, 0.25) is 0 Å². The topological polar surface area (TPSA) is 56.2 Å². The molecule has 2 N–H and O–H groups in total. The molecule has 0 aliphatic carbocycles. The molecule has 2 saturated heterocycles. The number of nitrogens with zero attached hydrogens (tertiary/aromatic N) is 1. The monoisotopic (exact) mass is 159 g/mol. The zero-order valence-electron chi connectivity index (χ0n) is 6.31. The summed E-state index contributed by atoms with van der Waals surface area (Å²) in [6, 6.07) is 0. The van der Waals surface area contributed by atoms with Crippen molar-refractivity contribution in [2.24, 2.45) is 0 Å². The third-order valence-electron chi connectivity index (χ3n) is 2.20. The normalized spacial score (nSPS) is 44.7. The summed E-state index contributed by atoms with van der Waals surface area (Å²) >= 11 is 0. The van der Waals surface area contributed by atoms with Crippen LogP contribution in [-0.2, 0) is 4.74 Å². The molecule has 4 heteroatoms. The van der Waals surface area contributed by atoms with Gasteiger partial charge in [-0.25, -0.2) is 0 Å². The van der Waals surface area contributed by atoms with Crippen LogP contribution >= 0.6 is 0 Å². The van der Waals surface area contributed by atoms with Gasteiger partial charge in [0.15, 0.2) is 0 Å². The Hall–Kier alpha value is -0.160. The van der Waals surface area contributed by atoms with Crippen molar-refractivity contribution < 1.29 is 14.9 Å². The van der Waals surface area contributed by atoms with Gasteiger partial charge in [-0.3, -0.25) is 4.90 Å². The molecule has 0 saturated carbocycles. The Morgan fingerprint density at radius 1 is 1.27 bits per heavy atom. The second kappa shape index (κ2) is 2.71. The highest BCUT2D eigenvalue weighted by molar-refractivity contribution is 4.86. The predicted molar refractivity (Wildman–Crippen MR) is 38.2 cm³/mol. The van der Waals surface area contributed by atoms with Crippen molar-refractivity contribution in [2.45, 2.75) is 18.3 Å². The van der Waals surface area contributed by atoms with Crippen LogP contribution in [0.3, 0.4) is 0 Å². The molecule has 2 aliphatic heterocycles. The highest BCUT2D eigenvalue weighted by Crippen LogP contribution is 2.15. The van der Waals surface area contributed by atoms with Gasteiger partial charge < -0.3 is 14.9 Å². The van der Waals surface area contributed by atoms with Crippen molar-refractivity contribution in [3.05, 3.63) is 0 Å². The zero-order valence-corrected chi connectivity index (χ0v) is 6.31. The number of likely N-dealkylation sites (tertiary alicyclic amines) is 1. The highest BCUT2D eigenvalue weighted by atomic mass is 16.6. The van der Waals surface area contributed by atoms with Crippen molar-refractivity contribution in [2.75, 3.05) is 26.2 Å². The maximum atomic E-state index is 9.17. The third kappa shape index (κ3) is 1.70. The molecule has 2 aliphatic rings. The Balaban J connectivity index is 1.78. The molecule has 4 nitrogen and oxygen atoms in total. The first-order valence-corrected chi connectivity index (χ1v) is 3.96. The Labute approximate surface area is 65.4 Å². The van der Waals surface area contributed by atoms with Gasteiger partial charge in [-0.1, -0.05) is 0 Å². The molecule has 0 amide bonds. The fourth-order valence-corrected chi connectivity index (χ4v) is 1.46. The number of epoxide rings is 1. The minimum Gasteiger partial charge on any atom is -0.389 e. The summed E-state index contributed by atoms with van der Waals surface area (Å²) in [6.45, 7) is 2.86. The van der Waals surface area contributed by atoms with Crippen LogP contribution in [0.15, 0.2) is 0 Å². The Kier molecular flexibility index (Phi) is 1.85. The summed E-state index contributed by atoms with van der Waals surface area (Å²) in [4.78, 5) is 2.03. The minimum atomic E-state index is -0.561. The molecule has 11 heavy (non-hydrogen) atoms. The molecule has 3 atom stereocenters. The molecule has 0 aromatic heterocycles. The van der Waals surface area contributed by atoms with E-state index in [1.54, 1.807) is 0 Å². The van der Waals surface area contributed by atoms with E-state index in [4.69, 9.17) is 14.9 Å². The molecule has 64 valence electrons. The molecule has 0 radical (unpaired) electrons. The summed E-state index contributed by atoms with van der Waals surface area (Å²) in [5, 5.41) is 18.3. The average molecular weight is 159 g/mol. The van der Waals surface area contributed by atoms with Crippen LogP contribution in [0.1, 0.15) is 0 Å². The number of aliphatic hydroxyl groups is 2. The molecule has 2 rings (SSSR count). The summed E-state index contributed by atoms with van der Waals surface area (Å²) in [6.07, 6.45) is -0.769. The van der Waals surface area contributed by atoms with Gasteiger partial charge in [-0.05, 0) is 0 Å². The quantitative estimate of drug-likeness (QED) is 0.478. The van der Waals surface area contributed by atoms with Gasteiger partial charge in [0.25, 0.3) is 0 Å². The van der Waals surface area contributed by atoms with Crippen molar-refractivity contribution >= 4 is 0 Å². The maximum Gasteiger partial charge on any atom is 0.0938 e.